The minimum absolute atomic E-state index is 0.00461. The van der Waals surface area contributed by atoms with Crippen molar-refractivity contribution in [1.29, 1.82) is 0 Å². The van der Waals surface area contributed by atoms with Gasteiger partial charge in [-0.15, -0.1) is 0 Å². The predicted molar refractivity (Wildman–Crippen MR) is 135 cm³/mol. The predicted octanol–water partition coefficient (Wildman–Crippen LogP) is 5.33. The first kappa shape index (κ1) is 25.4. The summed E-state index contributed by atoms with van der Waals surface area (Å²) in [5, 5.41) is 22.1. The van der Waals surface area contributed by atoms with Crippen LogP contribution in [0.15, 0.2) is 71.6 Å². The van der Waals surface area contributed by atoms with Crippen LogP contribution >= 0.6 is 11.8 Å². The minimum Gasteiger partial charge on any atom is -0.493 e. The molecule has 12 heteroatoms. The fraction of sp³-hybridized carbons (Fsp3) is 0.120. The van der Waals surface area contributed by atoms with Crippen LogP contribution in [0.2, 0.25) is 0 Å². The third kappa shape index (κ3) is 5.76. The molecule has 1 fully saturated rings. The summed E-state index contributed by atoms with van der Waals surface area (Å²) in [5.41, 5.74) is 0.996. The molecule has 3 aromatic rings. The molecule has 0 radical (unpaired) electrons. The molecule has 0 aliphatic carbocycles. The smallest absolute Gasteiger partial charge is 0.293 e. The summed E-state index contributed by atoms with van der Waals surface area (Å²) >= 11 is 0.645. The van der Waals surface area contributed by atoms with Crippen LogP contribution in [0, 0.1) is 20.2 Å². The zero-order valence-electron chi connectivity index (χ0n) is 19.4. The molecule has 1 heterocycles. The highest BCUT2D eigenvalue weighted by Gasteiger charge is 2.36. The van der Waals surface area contributed by atoms with E-state index in [2.05, 4.69) is 0 Å². The van der Waals surface area contributed by atoms with E-state index >= 15 is 0 Å². The second-order valence-electron chi connectivity index (χ2n) is 7.78. The van der Waals surface area contributed by atoms with E-state index in [9.17, 15) is 29.8 Å². The van der Waals surface area contributed by atoms with E-state index in [1.165, 1.54) is 49.6 Å². The summed E-state index contributed by atoms with van der Waals surface area (Å²) in [6, 6.07) is 17.3. The molecular weight excluding hydrogens is 502 g/mol. The van der Waals surface area contributed by atoms with Crippen molar-refractivity contribution < 1.29 is 28.9 Å². The number of nitro benzene ring substituents is 2. The van der Waals surface area contributed by atoms with E-state index in [-0.39, 0.29) is 46.5 Å². The lowest BCUT2D eigenvalue weighted by molar-refractivity contribution is -0.385. The van der Waals surface area contributed by atoms with Gasteiger partial charge in [-0.05, 0) is 35.0 Å². The van der Waals surface area contributed by atoms with Crippen LogP contribution in [0.3, 0.4) is 0 Å². The van der Waals surface area contributed by atoms with Crippen LogP contribution in [0.5, 0.6) is 11.5 Å². The fourth-order valence-electron chi connectivity index (χ4n) is 3.53. The number of ether oxygens (including phenoxy) is 2. The number of carbonyl (C=O) groups excluding carboxylic acids is 2. The third-order valence-electron chi connectivity index (χ3n) is 5.39. The Kier molecular flexibility index (Phi) is 7.49. The number of non-ortho nitro benzene ring substituents is 1. The van der Waals surface area contributed by atoms with Crippen molar-refractivity contribution in [2.24, 2.45) is 0 Å². The van der Waals surface area contributed by atoms with Gasteiger partial charge < -0.3 is 9.47 Å². The highest BCUT2D eigenvalue weighted by Crippen LogP contribution is 2.39. The maximum Gasteiger partial charge on any atom is 0.293 e. The average molecular weight is 522 g/mol. The molecule has 0 bridgehead atoms. The molecule has 1 aliphatic rings. The summed E-state index contributed by atoms with van der Waals surface area (Å²) < 4.78 is 11.1. The summed E-state index contributed by atoms with van der Waals surface area (Å²) in [4.78, 5) is 47.9. The number of methoxy groups -OCH3 is 1. The number of imide groups is 1. The molecule has 0 aromatic heterocycles. The lowest BCUT2D eigenvalue weighted by Gasteiger charge is -2.13. The third-order valence-corrected chi connectivity index (χ3v) is 6.30. The van der Waals surface area contributed by atoms with Crippen LogP contribution in [0.1, 0.15) is 16.7 Å². The topological polar surface area (TPSA) is 142 Å². The highest BCUT2D eigenvalue weighted by atomic mass is 32.2. The van der Waals surface area contributed by atoms with Crippen molar-refractivity contribution in [2.75, 3.05) is 7.11 Å². The maximum absolute atomic E-state index is 12.9. The van der Waals surface area contributed by atoms with Crippen LogP contribution in [0.4, 0.5) is 16.2 Å². The molecule has 11 nitrogen and oxygen atoms in total. The summed E-state index contributed by atoms with van der Waals surface area (Å²) in [6.45, 7) is 0.0624. The van der Waals surface area contributed by atoms with Gasteiger partial charge in [-0.25, -0.2) is 0 Å². The summed E-state index contributed by atoms with van der Waals surface area (Å²) in [6.07, 6.45) is 1.27. The largest absolute Gasteiger partial charge is 0.493 e. The number of carbonyl (C=O) groups is 2. The molecule has 0 unspecified atom stereocenters. The highest BCUT2D eigenvalue weighted by molar-refractivity contribution is 8.18. The van der Waals surface area contributed by atoms with Crippen LogP contribution < -0.4 is 9.47 Å². The molecule has 1 aliphatic heterocycles. The van der Waals surface area contributed by atoms with E-state index in [0.29, 0.717) is 17.3 Å². The van der Waals surface area contributed by atoms with Gasteiger partial charge in [0, 0.05) is 12.1 Å². The molecule has 0 N–H and O–H groups in total. The van der Waals surface area contributed by atoms with Crippen LogP contribution in [-0.4, -0.2) is 33.0 Å². The zero-order chi connectivity index (χ0) is 26.5. The molecule has 4 rings (SSSR count). The Labute approximate surface area is 214 Å². The molecule has 37 heavy (non-hydrogen) atoms. The Morgan fingerprint density at radius 2 is 1.62 bits per heavy atom. The van der Waals surface area contributed by atoms with Crippen molar-refractivity contribution in [2.45, 2.75) is 13.2 Å². The second-order valence-corrected chi connectivity index (χ2v) is 8.78. The van der Waals surface area contributed by atoms with E-state index in [1.807, 2.05) is 30.3 Å². The molecular formula is C25H19N3O8S. The first-order valence-electron chi connectivity index (χ1n) is 10.8. The van der Waals surface area contributed by atoms with Gasteiger partial charge in [-0.3, -0.25) is 34.7 Å². The standard InChI is InChI=1S/C25H19N3O8S/c1-35-21-11-18(20(28(33)34)13-22(21)36-15-17-5-3-2-4-6-17)12-23-24(29)26(25(30)37-23)14-16-7-9-19(10-8-16)27(31)32/h2-13H,14-15H2,1H3/b23-12-. The molecule has 1 saturated heterocycles. The fourth-order valence-corrected chi connectivity index (χ4v) is 4.36. The van der Waals surface area contributed by atoms with Gasteiger partial charge in [-0.2, -0.15) is 0 Å². The number of thioether (sulfide) groups is 1. The molecule has 3 aromatic carbocycles. The number of amides is 2. The Balaban J connectivity index is 1.59. The summed E-state index contributed by atoms with van der Waals surface area (Å²) in [5.74, 6) is -0.259. The van der Waals surface area contributed by atoms with E-state index < -0.39 is 21.0 Å². The van der Waals surface area contributed by atoms with E-state index in [1.54, 1.807) is 0 Å². The first-order chi connectivity index (χ1) is 17.8. The number of rotatable bonds is 9. The van der Waals surface area contributed by atoms with Crippen LogP contribution in [-0.2, 0) is 17.9 Å². The Morgan fingerprint density at radius 3 is 2.24 bits per heavy atom. The molecule has 188 valence electrons. The van der Waals surface area contributed by atoms with Gasteiger partial charge >= 0.3 is 0 Å². The first-order valence-corrected chi connectivity index (χ1v) is 11.6. The number of nitro groups is 2. The molecule has 0 atom stereocenters. The Morgan fingerprint density at radius 1 is 0.919 bits per heavy atom. The number of benzene rings is 3. The normalized spacial score (nSPS) is 14.2. The van der Waals surface area contributed by atoms with Crippen LogP contribution in [0.25, 0.3) is 6.08 Å². The van der Waals surface area contributed by atoms with Crippen molar-refractivity contribution in [3.8, 4) is 11.5 Å². The quantitative estimate of drug-likeness (QED) is 0.207. The monoisotopic (exact) mass is 521 g/mol. The molecule has 0 spiro atoms. The number of hydrogen-bond acceptors (Lipinski definition) is 9. The summed E-state index contributed by atoms with van der Waals surface area (Å²) in [7, 11) is 1.39. The minimum atomic E-state index is -0.633. The number of hydrogen-bond donors (Lipinski definition) is 0. The zero-order valence-corrected chi connectivity index (χ0v) is 20.2. The van der Waals surface area contributed by atoms with Crippen molar-refractivity contribution in [3.05, 3.63) is 109 Å². The van der Waals surface area contributed by atoms with Crippen molar-refractivity contribution >= 4 is 40.4 Å². The van der Waals surface area contributed by atoms with Crippen molar-refractivity contribution in [1.82, 2.24) is 4.90 Å². The average Bonchev–Trinajstić information content (AvgIpc) is 3.15. The lowest BCUT2D eigenvalue weighted by atomic mass is 10.1. The van der Waals surface area contributed by atoms with Gasteiger partial charge in [0.25, 0.3) is 22.5 Å². The Bertz CT molecular complexity index is 1410. The van der Waals surface area contributed by atoms with Crippen molar-refractivity contribution in [3.63, 3.8) is 0 Å². The van der Waals surface area contributed by atoms with Gasteiger partial charge in [0.2, 0.25) is 0 Å². The Hall–Kier alpha value is -4.71. The van der Waals surface area contributed by atoms with Gasteiger partial charge in [0.15, 0.2) is 11.5 Å². The van der Waals surface area contributed by atoms with Gasteiger partial charge in [0.05, 0.1) is 40.0 Å². The second kappa shape index (κ2) is 10.9. The molecule has 0 saturated carbocycles. The van der Waals surface area contributed by atoms with E-state index in [4.69, 9.17) is 9.47 Å². The van der Waals surface area contributed by atoms with Gasteiger partial charge in [0.1, 0.15) is 6.61 Å². The lowest BCUT2D eigenvalue weighted by Crippen LogP contribution is -2.27. The SMILES string of the molecule is COc1cc(/C=C2\SC(=O)N(Cc3ccc([N+](=O)[O-])cc3)C2=O)c([N+](=O)[O-])cc1OCc1ccccc1. The van der Waals surface area contributed by atoms with Gasteiger partial charge in [-0.1, -0.05) is 42.5 Å². The maximum atomic E-state index is 12.9. The van der Waals surface area contributed by atoms with E-state index in [0.717, 1.165) is 10.5 Å². The number of nitrogens with zero attached hydrogens (tertiary/aromatic N) is 3. The molecule has 2 amide bonds.